The predicted octanol–water partition coefficient (Wildman–Crippen LogP) is 4.49. The second-order valence-electron chi connectivity index (χ2n) is 11.7. The maximum absolute atomic E-state index is 14.0. The summed E-state index contributed by atoms with van der Waals surface area (Å²) in [7, 11) is -0.629. The number of nitrogens with zero attached hydrogens (tertiary/aromatic N) is 2. The fraction of sp³-hybridized carbons (Fsp3) is 0.333. The van der Waals surface area contributed by atoms with Crippen molar-refractivity contribution < 1.29 is 33.2 Å². The lowest BCUT2D eigenvalue weighted by molar-refractivity contribution is -0.117. The number of fused-ring (bicyclic) bond motifs is 1. The second-order valence-corrected chi connectivity index (χ2v) is 12.7. The minimum atomic E-state index is -4.64. The van der Waals surface area contributed by atoms with E-state index >= 15 is 0 Å². The molecular weight excluding hydrogens is 598 g/mol. The molecule has 1 aliphatic carbocycles. The van der Waals surface area contributed by atoms with Gasteiger partial charge >= 0.3 is 7.82 Å². The zero-order chi connectivity index (χ0) is 32.6. The Morgan fingerprint density at radius 1 is 0.956 bits per heavy atom. The quantitative estimate of drug-likeness (QED) is 0.227. The Labute approximate surface area is 262 Å². The van der Waals surface area contributed by atoms with E-state index in [0.29, 0.717) is 12.2 Å². The molecule has 45 heavy (non-hydrogen) atoms. The van der Waals surface area contributed by atoms with Gasteiger partial charge in [0.2, 0.25) is 5.91 Å². The number of carbonyl (C=O) groups is 2. The number of para-hydroxylation sites is 1. The van der Waals surface area contributed by atoms with Crippen LogP contribution in [0.3, 0.4) is 0 Å². The Bertz CT molecular complexity index is 1570. The van der Waals surface area contributed by atoms with Gasteiger partial charge in [-0.15, -0.1) is 0 Å². The molecule has 2 aliphatic rings. The highest BCUT2D eigenvalue weighted by atomic mass is 31.2. The van der Waals surface area contributed by atoms with Gasteiger partial charge in [-0.3, -0.25) is 9.59 Å². The van der Waals surface area contributed by atoms with E-state index in [1.165, 1.54) is 23.4 Å². The molecule has 0 saturated carbocycles. The Hall–Kier alpha value is -3.86. The number of carbonyl (C=O) groups excluding carboxylic acids is 2. The van der Waals surface area contributed by atoms with Crippen molar-refractivity contribution in [2.45, 2.75) is 32.2 Å². The van der Waals surface area contributed by atoms with Gasteiger partial charge in [0.1, 0.15) is 5.82 Å². The van der Waals surface area contributed by atoms with Crippen LogP contribution >= 0.6 is 7.82 Å². The SMILES string of the molecule is CN(C)CCNC(=O)C1=C[C@@]2(CC1)CCN(Cc1ccc(NC(=O)c3ccccc3F)cc1)c1ccccc1C2.O=P(O)(O)O. The molecule has 1 heterocycles. The van der Waals surface area contributed by atoms with Gasteiger partial charge in [-0.25, -0.2) is 8.96 Å². The molecule has 240 valence electrons. The van der Waals surface area contributed by atoms with Crippen LogP contribution in [0.5, 0.6) is 0 Å². The number of amides is 2. The van der Waals surface area contributed by atoms with Gasteiger partial charge in [-0.1, -0.05) is 48.5 Å². The molecule has 3 aromatic rings. The van der Waals surface area contributed by atoms with Crippen LogP contribution in [0.1, 0.15) is 40.7 Å². The number of phosphoric acid groups is 1. The number of hydrogen-bond acceptors (Lipinski definition) is 5. The first-order valence-electron chi connectivity index (χ1n) is 14.7. The summed E-state index contributed by atoms with van der Waals surface area (Å²) in [6, 6.07) is 22.3. The van der Waals surface area contributed by atoms with Crippen LogP contribution in [0.4, 0.5) is 15.8 Å². The van der Waals surface area contributed by atoms with E-state index < -0.39 is 19.5 Å². The third kappa shape index (κ3) is 10.1. The van der Waals surface area contributed by atoms with E-state index in [1.54, 1.807) is 12.1 Å². The van der Waals surface area contributed by atoms with Crippen LogP contribution in [0.2, 0.25) is 0 Å². The van der Waals surface area contributed by atoms with Gasteiger partial charge in [0, 0.05) is 43.1 Å². The minimum absolute atomic E-state index is 0.0140. The lowest BCUT2D eigenvalue weighted by Gasteiger charge is -2.27. The van der Waals surface area contributed by atoms with Gasteiger partial charge in [0.05, 0.1) is 5.56 Å². The van der Waals surface area contributed by atoms with Crippen LogP contribution in [-0.4, -0.2) is 65.1 Å². The first-order valence-corrected chi connectivity index (χ1v) is 16.3. The third-order valence-corrected chi connectivity index (χ3v) is 7.97. The summed E-state index contributed by atoms with van der Waals surface area (Å²) >= 11 is 0. The molecule has 0 aromatic heterocycles. The Balaban J connectivity index is 0.000000854. The Kier molecular flexibility index (Phi) is 11.3. The maximum Gasteiger partial charge on any atom is 0.466 e. The van der Waals surface area contributed by atoms with Gasteiger partial charge in [0.15, 0.2) is 0 Å². The van der Waals surface area contributed by atoms with Gasteiger partial charge < -0.3 is 35.1 Å². The molecule has 1 atom stereocenters. The second kappa shape index (κ2) is 14.9. The van der Waals surface area contributed by atoms with Crippen LogP contribution in [0, 0.1) is 11.2 Å². The molecule has 0 fully saturated rings. The number of allylic oxidation sites excluding steroid dienone is 1. The number of nitrogens with one attached hydrogen (secondary N) is 2. The molecule has 5 rings (SSSR count). The molecule has 0 unspecified atom stereocenters. The van der Waals surface area contributed by atoms with Crippen molar-refractivity contribution >= 4 is 31.0 Å². The largest absolute Gasteiger partial charge is 0.466 e. The highest BCUT2D eigenvalue weighted by Crippen LogP contribution is 2.46. The van der Waals surface area contributed by atoms with Crippen molar-refractivity contribution in [3.05, 3.63) is 107 Å². The van der Waals surface area contributed by atoms with E-state index in [9.17, 15) is 14.0 Å². The molecule has 5 N–H and O–H groups in total. The first-order chi connectivity index (χ1) is 21.3. The lowest BCUT2D eigenvalue weighted by Crippen LogP contribution is -2.32. The molecule has 1 spiro atoms. The summed E-state index contributed by atoms with van der Waals surface area (Å²) in [5, 5.41) is 5.86. The van der Waals surface area contributed by atoms with E-state index in [-0.39, 0.29) is 16.9 Å². The highest BCUT2D eigenvalue weighted by Gasteiger charge is 2.38. The third-order valence-electron chi connectivity index (χ3n) is 7.97. The highest BCUT2D eigenvalue weighted by molar-refractivity contribution is 7.45. The van der Waals surface area contributed by atoms with Crippen LogP contribution in [0.15, 0.2) is 84.4 Å². The number of likely N-dealkylation sites (N-methyl/N-ethyl adjacent to an activating group) is 1. The number of benzene rings is 3. The number of halogens is 1. The minimum Gasteiger partial charge on any atom is -0.367 e. The molecule has 0 bridgehead atoms. The molecule has 3 aromatic carbocycles. The number of rotatable bonds is 8. The molecule has 12 heteroatoms. The number of hydrogen-bond donors (Lipinski definition) is 5. The normalized spacial score (nSPS) is 17.6. The Morgan fingerprint density at radius 2 is 1.62 bits per heavy atom. The molecule has 1 aliphatic heterocycles. The average molecular weight is 639 g/mol. The van der Waals surface area contributed by atoms with E-state index in [2.05, 4.69) is 50.8 Å². The molecule has 2 amide bonds. The summed E-state index contributed by atoms with van der Waals surface area (Å²) in [6.45, 7) is 3.09. The smallest absolute Gasteiger partial charge is 0.367 e. The van der Waals surface area contributed by atoms with Crippen molar-refractivity contribution in [1.82, 2.24) is 10.2 Å². The van der Waals surface area contributed by atoms with E-state index in [1.807, 2.05) is 38.4 Å². The molecule has 0 saturated heterocycles. The van der Waals surface area contributed by atoms with Crippen molar-refractivity contribution in [3.63, 3.8) is 0 Å². The van der Waals surface area contributed by atoms with E-state index in [0.717, 1.165) is 56.5 Å². The molecule has 10 nitrogen and oxygen atoms in total. The van der Waals surface area contributed by atoms with Gasteiger partial charge in [0.25, 0.3) is 5.91 Å². The predicted molar refractivity (Wildman–Crippen MR) is 172 cm³/mol. The molecule has 0 radical (unpaired) electrons. The Morgan fingerprint density at radius 3 is 2.31 bits per heavy atom. The van der Waals surface area contributed by atoms with Crippen molar-refractivity contribution in [3.8, 4) is 0 Å². The standard InChI is InChI=1S/C33H37FN4O2.H3O4P/c1-37(2)20-18-35-31(39)26-15-16-33(22-26)17-19-38(30-10-6-3-7-25(30)21-33)23-24-11-13-27(14-12-24)36-32(40)28-8-4-5-9-29(28)34;1-5(2,3)4/h3-14,22H,15-21,23H2,1-2H3,(H,35,39)(H,36,40);(H3,1,2,3,4)/t33-;/m0./s1. The first kappa shape index (κ1) is 34.0. The van der Waals surface area contributed by atoms with Crippen molar-refractivity contribution in [1.29, 1.82) is 0 Å². The topological polar surface area (TPSA) is 142 Å². The maximum atomic E-state index is 14.0. The van der Waals surface area contributed by atoms with Crippen molar-refractivity contribution in [2.75, 3.05) is 43.9 Å². The lowest BCUT2D eigenvalue weighted by atomic mass is 9.79. The summed E-state index contributed by atoms with van der Waals surface area (Å²) in [4.78, 5) is 51.4. The zero-order valence-electron chi connectivity index (χ0n) is 25.4. The van der Waals surface area contributed by atoms with Gasteiger partial charge in [-0.05, 0) is 86.7 Å². The van der Waals surface area contributed by atoms with Gasteiger partial charge in [-0.2, -0.15) is 0 Å². The fourth-order valence-electron chi connectivity index (χ4n) is 5.76. The monoisotopic (exact) mass is 638 g/mol. The number of anilines is 2. The summed E-state index contributed by atoms with van der Waals surface area (Å²) in [5.74, 6) is -0.938. The van der Waals surface area contributed by atoms with Crippen LogP contribution < -0.4 is 15.5 Å². The summed E-state index contributed by atoms with van der Waals surface area (Å²) in [6.07, 6.45) is 5.96. The fourth-order valence-corrected chi connectivity index (χ4v) is 5.76. The van der Waals surface area contributed by atoms with E-state index in [4.69, 9.17) is 19.2 Å². The zero-order valence-corrected chi connectivity index (χ0v) is 26.3. The summed E-state index contributed by atoms with van der Waals surface area (Å²) < 4.78 is 22.9. The van der Waals surface area contributed by atoms with Crippen LogP contribution in [-0.2, 0) is 22.3 Å². The average Bonchev–Trinajstić information content (AvgIpc) is 3.33. The van der Waals surface area contributed by atoms with Crippen molar-refractivity contribution in [2.24, 2.45) is 5.41 Å². The molecular formula is C33H40FN4O6P. The summed E-state index contributed by atoms with van der Waals surface area (Å²) in [5.41, 5.74) is 5.21. The van der Waals surface area contributed by atoms with Crippen LogP contribution in [0.25, 0.3) is 0 Å².